The lowest BCUT2D eigenvalue weighted by Crippen LogP contribution is -2.36. The lowest BCUT2D eigenvalue weighted by molar-refractivity contribution is -0.121. The second kappa shape index (κ2) is 7.97. The highest BCUT2D eigenvalue weighted by Crippen LogP contribution is 2.24. The summed E-state index contributed by atoms with van der Waals surface area (Å²) in [6.45, 7) is 2.76. The number of rotatable bonds is 7. The number of hydrogen-bond donors (Lipinski definition) is 1. The number of carbonyl (C=O) groups is 1. The minimum Gasteiger partial charge on any atom is -0.468 e. The van der Waals surface area contributed by atoms with E-state index in [0.717, 1.165) is 25.3 Å². The molecule has 0 unspecified atom stereocenters. The van der Waals surface area contributed by atoms with Crippen molar-refractivity contribution < 1.29 is 9.21 Å². The predicted molar refractivity (Wildman–Crippen MR) is 90.0 cm³/mol. The normalized spacial score (nSPS) is 16.3. The third kappa shape index (κ3) is 4.45. The number of furan rings is 1. The molecule has 1 fully saturated rings. The van der Waals surface area contributed by atoms with Gasteiger partial charge in [0, 0.05) is 13.0 Å². The van der Waals surface area contributed by atoms with Gasteiger partial charge in [0.25, 0.3) is 0 Å². The zero-order valence-corrected chi connectivity index (χ0v) is 13.4. The fourth-order valence-corrected chi connectivity index (χ4v) is 3.15. The van der Waals surface area contributed by atoms with E-state index in [1.165, 1.54) is 18.4 Å². The zero-order valence-electron chi connectivity index (χ0n) is 13.4. The van der Waals surface area contributed by atoms with Gasteiger partial charge < -0.3 is 9.73 Å². The van der Waals surface area contributed by atoms with Crippen molar-refractivity contribution in [2.45, 2.75) is 31.7 Å². The van der Waals surface area contributed by atoms with Gasteiger partial charge in [-0.05, 0) is 50.0 Å². The average molecular weight is 312 g/mol. The van der Waals surface area contributed by atoms with Crippen LogP contribution in [0.5, 0.6) is 0 Å². The number of aryl methyl sites for hydroxylation is 1. The summed E-state index contributed by atoms with van der Waals surface area (Å²) in [4.78, 5) is 14.5. The molecular formula is C19H24N2O2. The fraction of sp³-hybridized carbons (Fsp3) is 0.421. The van der Waals surface area contributed by atoms with Gasteiger partial charge in [0.15, 0.2) is 0 Å². The molecule has 4 heteroatoms. The molecule has 1 aliphatic rings. The Morgan fingerprint density at radius 1 is 1.13 bits per heavy atom. The molecule has 1 amide bonds. The van der Waals surface area contributed by atoms with Gasteiger partial charge in [0.2, 0.25) is 5.91 Å². The van der Waals surface area contributed by atoms with Crippen LogP contribution in [0, 0.1) is 0 Å². The molecule has 1 aliphatic heterocycles. The number of nitrogens with one attached hydrogen (secondary N) is 1. The van der Waals surface area contributed by atoms with Gasteiger partial charge >= 0.3 is 0 Å². The summed E-state index contributed by atoms with van der Waals surface area (Å²) in [5.41, 5.74) is 1.20. The third-order valence-electron chi connectivity index (χ3n) is 4.43. The van der Waals surface area contributed by atoms with Crippen LogP contribution in [0.4, 0.5) is 0 Å². The Morgan fingerprint density at radius 3 is 2.61 bits per heavy atom. The average Bonchev–Trinajstić information content (AvgIpc) is 3.28. The van der Waals surface area contributed by atoms with Crippen molar-refractivity contribution >= 4 is 5.91 Å². The highest BCUT2D eigenvalue weighted by atomic mass is 16.3. The van der Waals surface area contributed by atoms with Crippen LogP contribution in [0.15, 0.2) is 53.1 Å². The van der Waals surface area contributed by atoms with Crippen LogP contribution in [0.1, 0.15) is 36.6 Å². The molecule has 0 spiro atoms. The fourth-order valence-electron chi connectivity index (χ4n) is 3.15. The van der Waals surface area contributed by atoms with Crippen molar-refractivity contribution in [3.63, 3.8) is 0 Å². The highest BCUT2D eigenvalue weighted by molar-refractivity contribution is 5.76. The topological polar surface area (TPSA) is 45.5 Å². The minimum absolute atomic E-state index is 0.101. The summed E-state index contributed by atoms with van der Waals surface area (Å²) in [5.74, 6) is 1.04. The Labute approximate surface area is 137 Å². The Hall–Kier alpha value is -2.07. The van der Waals surface area contributed by atoms with E-state index in [2.05, 4.69) is 22.3 Å². The molecule has 1 saturated heterocycles. The number of likely N-dealkylation sites (tertiary alicyclic amines) is 1. The maximum atomic E-state index is 12.1. The summed E-state index contributed by atoms with van der Waals surface area (Å²) in [6.07, 6.45) is 5.45. The van der Waals surface area contributed by atoms with Gasteiger partial charge in [-0.25, -0.2) is 0 Å². The molecule has 1 atom stereocenters. The zero-order chi connectivity index (χ0) is 15.9. The quantitative estimate of drug-likeness (QED) is 0.854. The van der Waals surface area contributed by atoms with E-state index in [4.69, 9.17) is 4.42 Å². The molecule has 1 N–H and O–H groups in total. The van der Waals surface area contributed by atoms with E-state index < -0.39 is 0 Å². The van der Waals surface area contributed by atoms with Crippen LogP contribution in [0.25, 0.3) is 0 Å². The number of amides is 1. The summed E-state index contributed by atoms with van der Waals surface area (Å²) < 4.78 is 5.58. The van der Waals surface area contributed by atoms with Gasteiger partial charge in [-0.15, -0.1) is 0 Å². The number of benzene rings is 1. The maximum Gasteiger partial charge on any atom is 0.220 e. The largest absolute Gasteiger partial charge is 0.468 e. The molecular weight excluding hydrogens is 288 g/mol. The molecule has 0 saturated carbocycles. The van der Waals surface area contributed by atoms with Crippen LogP contribution in [-0.4, -0.2) is 30.4 Å². The summed E-state index contributed by atoms with van der Waals surface area (Å²) in [6, 6.07) is 14.2. The second-order valence-electron chi connectivity index (χ2n) is 6.06. The maximum absolute atomic E-state index is 12.1. The van der Waals surface area contributed by atoms with E-state index >= 15 is 0 Å². The molecule has 0 aliphatic carbocycles. The van der Waals surface area contributed by atoms with Crippen LogP contribution in [0.3, 0.4) is 0 Å². The lowest BCUT2D eigenvalue weighted by Gasteiger charge is -2.26. The Bertz CT molecular complexity index is 589. The van der Waals surface area contributed by atoms with Crippen LogP contribution in [-0.2, 0) is 11.2 Å². The molecule has 2 heterocycles. The summed E-state index contributed by atoms with van der Waals surface area (Å²) in [5, 5.41) is 3.08. The van der Waals surface area contributed by atoms with Crippen LogP contribution >= 0.6 is 0 Å². The van der Waals surface area contributed by atoms with Gasteiger partial charge in [0.05, 0.1) is 12.3 Å². The van der Waals surface area contributed by atoms with E-state index in [1.54, 1.807) is 6.26 Å². The van der Waals surface area contributed by atoms with E-state index in [9.17, 15) is 4.79 Å². The molecule has 4 nitrogen and oxygen atoms in total. The number of hydrogen-bond acceptors (Lipinski definition) is 3. The van der Waals surface area contributed by atoms with Gasteiger partial charge in [-0.3, -0.25) is 9.69 Å². The highest BCUT2D eigenvalue weighted by Gasteiger charge is 2.25. The molecule has 0 radical (unpaired) electrons. The molecule has 1 aromatic heterocycles. The first-order valence-electron chi connectivity index (χ1n) is 8.41. The van der Waals surface area contributed by atoms with Gasteiger partial charge in [0.1, 0.15) is 5.76 Å². The molecule has 3 rings (SSSR count). The first-order chi connectivity index (χ1) is 11.3. The third-order valence-corrected chi connectivity index (χ3v) is 4.43. The number of carbonyl (C=O) groups excluding carboxylic acids is 1. The first-order valence-corrected chi connectivity index (χ1v) is 8.41. The predicted octanol–water partition coefficient (Wildman–Crippen LogP) is 3.17. The lowest BCUT2D eigenvalue weighted by atomic mass is 10.1. The van der Waals surface area contributed by atoms with Crippen molar-refractivity contribution in [2.24, 2.45) is 0 Å². The second-order valence-corrected chi connectivity index (χ2v) is 6.06. The Kier molecular flexibility index (Phi) is 5.48. The van der Waals surface area contributed by atoms with Crippen molar-refractivity contribution in [2.75, 3.05) is 19.6 Å². The minimum atomic E-state index is 0.101. The SMILES string of the molecule is O=C(CCc1ccccc1)NC[C@H](c1ccco1)N1CCCC1. The van der Waals surface area contributed by atoms with Crippen molar-refractivity contribution in [1.29, 1.82) is 0 Å². The summed E-state index contributed by atoms with van der Waals surface area (Å²) >= 11 is 0. The van der Waals surface area contributed by atoms with E-state index in [-0.39, 0.29) is 11.9 Å². The molecule has 0 bridgehead atoms. The Morgan fingerprint density at radius 2 is 1.91 bits per heavy atom. The first kappa shape index (κ1) is 15.8. The van der Waals surface area contributed by atoms with Gasteiger partial charge in [-0.2, -0.15) is 0 Å². The molecule has 122 valence electrons. The van der Waals surface area contributed by atoms with Crippen molar-refractivity contribution in [3.8, 4) is 0 Å². The molecule has 2 aromatic rings. The monoisotopic (exact) mass is 312 g/mol. The van der Waals surface area contributed by atoms with Crippen molar-refractivity contribution in [1.82, 2.24) is 10.2 Å². The molecule has 1 aromatic carbocycles. The van der Waals surface area contributed by atoms with Crippen molar-refractivity contribution in [3.05, 3.63) is 60.1 Å². The van der Waals surface area contributed by atoms with E-state index in [0.29, 0.717) is 13.0 Å². The molecule has 23 heavy (non-hydrogen) atoms. The summed E-state index contributed by atoms with van der Waals surface area (Å²) in [7, 11) is 0. The smallest absolute Gasteiger partial charge is 0.220 e. The van der Waals surface area contributed by atoms with Crippen LogP contribution < -0.4 is 5.32 Å². The van der Waals surface area contributed by atoms with E-state index in [1.807, 2.05) is 30.3 Å². The number of nitrogens with zero attached hydrogens (tertiary/aromatic N) is 1. The Balaban J connectivity index is 1.51. The van der Waals surface area contributed by atoms with Crippen LogP contribution in [0.2, 0.25) is 0 Å². The van der Waals surface area contributed by atoms with Gasteiger partial charge in [-0.1, -0.05) is 30.3 Å². The standard InChI is InChI=1S/C19H24N2O2/c22-19(11-10-16-7-2-1-3-8-16)20-15-17(18-9-6-14-23-18)21-12-4-5-13-21/h1-3,6-9,14,17H,4-5,10-13,15H2,(H,20,22)/t17-/m1/s1.